The van der Waals surface area contributed by atoms with Crippen LogP contribution in [0, 0.1) is 0 Å². The van der Waals surface area contributed by atoms with E-state index in [4.69, 9.17) is 11.6 Å². The van der Waals surface area contributed by atoms with E-state index in [-0.39, 0.29) is 34.7 Å². The molecule has 11 heterocycles. The summed E-state index contributed by atoms with van der Waals surface area (Å²) in [6.07, 6.45) is 13.2. The van der Waals surface area contributed by atoms with Gasteiger partial charge in [0, 0.05) is 67.4 Å². The summed E-state index contributed by atoms with van der Waals surface area (Å²) in [5.41, 5.74) is 13.2. The molecule has 10 aromatic heterocycles. The number of hydrazone groups is 1. The second-order valence-electron chi connectivity index (χ2n) is 26.8. The number of nitrogens with zero attached hydrogens (tertiary/aromatic N) is 16. The molecule has 1 aliphatic rings. The van der Waals surface area contributed by atoms with Gasteiger partial charge in [-0.15, -0.1) is 47.0 Å². The molecule has 0 saturated heterocycles. The van der Waals surface area contributed by atoms with Crippen LogP contribution >= 0.6 is 58.6 Å². The Hall–Kier alpha value is -15.0. The fraction of sp³-hybridized carbons (Fsp3) is 0.0706. The number of pyridine rings is 1. The number of amides is 5. The molecule has 0 spiro atoms. The Morgan fingerprint density at radius 3 is 1.34 bits per heavy atom. The second-order valence-corrected chi connectivity index (χ2v) is 31.1. The number of hydrogen-bond donors (Lipinski definition) is 10. The van der Waals surface area contributed by atoms with E-state index in [9.17, 15) is 33.9 Å². The molecule has 18 aromatic rings. The minimum absolute atomic E-state index is 0.0742. The number of carbonyl (C=O) groups is 5. The van der Waals surface area contributed by atoms with Gasteiger partial charge in [-0.1, -0.05) is 96.5 Å². The Morgan fingerprint density at radius 2 is 0.877 bits per heavy atom. The maximum atomic E-state index is 12.7. The van der Waals surface area contributed by atoms with E-state index in [1.807, 2.05) is 122 Å². The number of fused-ring (bicyclic) bond motifs is 6. The molecule has 5 amide bonds. The molecule has 0 saturated carbocycles. The summed E-state index contributed by atoms with van der Waals surface area (Å²) < 4.78 is 0. The Balaban J connectivity index is 0.000000121. The van der Waals surface area contributed by atoms with Gasteiger partial charge in [0.2, 0.25) is 0 Å². The molecule has 0 radical (unpaired) electrons. The number of benzene rings is 8. The number of halogens is 1. The van der Waals surface area contributed by atoms with Crippen molar-refractivity contribution in [2.45, 2.75) is 56.5 Å². The number of phenols is 1. The van der Waals surface area contributed by atoms with Crippen LogP contribution in [0.4, 0.5) is 28.4 Å². The van der Waals surface area contributed by atoms with Crippen molar-refractivity contribution in [3.63, 3.8) is 0 Å². The van der Waals surface area contributed by atoms with Crippen molar-refractivity contribution in [3.05, 3.63) is 310 Å². The molecule has 1 aliphatic heterocycles. The maximum absolute atomic E-state index is 12.7. The van der Waals surface area contributed by atoms with Gasteiger partial charge in [0.05, 0.1) is 80.6 Å². The summed E-state index contributed by atoms with van der Waals surface area (Å²) >= 11 is 12.1. The number of aromatic amines is 5. The van der Waals surface area contributed by atoms with Crippen molar-refractivity contribution < 1.29 is 29.1 Å². The fourth-order valence-corrected chi connectivity index (χ4v) is 16.2. The first-order valence-corrected chi connectivity index (χ1v) is 41.4. The van der Waals surface area contributed by atoms with Crippen LogP contribution < -0.4 is 31.8 Å². The normalized spacial score (nSPS) is 11.7. The molecule has 19 rings (SSSR count). The molecule has 122 heavy (non-hydrogen) atoms. The van der Waals surface area contributed by atoms with Crippen LogP contribution in [0.3, 0.4) is 0 Å². The van der Waals surface area contributed by atoms with E-state index in [2.05, 4.69) is 122 Å². The highest BCUT2D eigenvalue weighted by Gasteiger charge is 2.24. The zero-order chi connectivity index (χ0) is 83.8. The van der Waals surface area contributed by atoms with E-state index >= 15 is 0 Å². The molecule has 602 valence electrons. The van der Waals surface area contributed by atoms with Crippen LogP contribution in [0.15, 0.2) is 280 Å². The third-order valence-corrected chi connectivity index (χ3v) is 22.8. The number of carbonyl (C=O) groups excluding carboxylic acids is 5. The number of thioether (sulfide) groups is 4. The number of nitrogens with one attached hydrogen (secondary N) is 9. The lowest BCUT2D eigenvalue weighted by Gasteiger charge is -2.12. The molecule has 37 heteroatoms. The fourth-order valence-electron chi connectivity index (χ4n) is 12.4. The standard InChI is InChI=1S/C23H19N7O2S.C22H16N6OS.C21H15N7O2S.C19H14ClN5O2S/c1-14-9-20(31)30(29-14)18-7-5-16(6-8-18)22(32)27-17-4-2-3-15(10-17)12-33-23-19-11-26-28-21(19)24-13-25-23;29-21(19-9-8-15-5-1-2-7-18(15)27-19)26-16-6-3-4-14(10-16)12-30-22-17-11-25-28-20(17)23-13-24-22;29-19(17-20(30)27-16-7-2-1-6-15(16)26-17)25-13-5-3-4-12(8-13)10-31-21-14-9-24-28-18(14)22-11-23-21;20-12-4-5-14(16(26)7-12)18(27)24-13-3-1-2-11(6-13)9-28-19-15-8-23-25-17(15)21-10-22-19/h2-8,10-11,13H,9,12H2,1H3,(H,27,32)(H,24,25,26,28);1-11,13H,12H2,(H,26,29)(H,23,24,25,28);1-9,11H,10H2,(H,25,29)(H,27,30)(H,22,23,24,28);1-8,10,26H,9H2,(H,24,27)(H,21,22,23,25). The lowest BCUT2D eigenvalue weighted by molar-refractivity contribution is -0.116. The van der Waals surface area contributed by atoms with Gasteiger partial charge in [0.1, 0.15) is 56.9 Å². The first kappa shape index (κ1) is 80.8. The Morgan fingerprint density at radius 1 is 0.443 bits per heavy atom. The maximum Gasteiger partial charge on any atom is 0.280 e. The molecule has 0 fully saturated rings. The lowest BCUT2D eigenvalue weighted by atomic mass is 10.1. The Kier molecular flexibility index (Phi) is 25.0. The Labute approximate surface area is 712 Å². The minimum atomic E-state index is -0.562. The van der Waals surface area contributed by atoms with Gasteiger partial charge in [-0.3, -0.25) is 49.2 Å². The number of hydrogen-bond acceptors (Lipinski definition) is 26. The lowest BCUT2D eigenvalue weighted by Crippen LogP contribution is -2.25. The number of H-pyrrole nitrogens is 5. The summed E-state index contributed by atoms with van der Waals surface area (Å²) in [7, 11) is 0. The summed E-state index contributed by atoms with van der Waals surface area (Å²) in [6, 6.07) is 60.0. The van der Waals surface area contributed by atoms with Crippen molar-refractivity contribution in [1.29, 1.82) is 0 Å². The molecule has 10 N–H and O–H groups in total. The minimum Gasteiger partial charge on any atom is -0.507 e. The number of rotatable bonds is 21. The average molecular weight is 1710 g/mol. The van der Waals surface area contributed by atoms with Crippen molar-refractivity contribution in [2.75, 3.05) is 26.3 Å². The summed E-state index contributed by atoms with van der Waals surface area (Å²) in [5, 5.41) is 62.5. The molecular weight excluding hydrogens is 1650 g/mol. The van der Waals surface area contributed by atoms with Gasteiger partial charge in [0.15, 0.2) is 28.3 Å². The van der Waals surface area contributed by atoms with Gasteiger partial charge < -0.3 is 31.4 Å². The van der Waals surface area contributed by atoms with Crippen LogP contribution in [0.1, 0.15) is 77.3 Å². The second kappa shape index (κ2) is 37.7. The van der Waals surface area contributed by atoms with E-state index < -0.39 is 17.4 Å². The van der Waals surface area contributed by atoms with E-state index in [0.29, 0.717) is 96.4 Å². The number of aromatic nitrogens is 19. The third-order valence-electron chi connectivity index (χ3n) is 18.2. The third kappa shape index (κ3) is 19.9. The van der Waals surface area contributed by atoms with Gasteiger partial charge in [0.25, 0.3) is 35.1 Å². The van der Waals surface area contributed by atoms with Crippen LogP contribution in [-0.4, -0.2) is 136 Å². The number of anilines is 5. The first-order valence-electron chi connectivity index (χ1n) is 37.1. The zero-order valence-corrected chi connectivity index (χ0v) is 67.8. The first-order chi connectivity index (χ1) is 59.6. The molecule has 0 bridgehead atoms. The van der Waals surface area contributed by atoms with Crippen LogP contribution in [-0.2, 0) is 27.8 Å². The van der Waals surface area contributed by atoms with Crippen molar-refractivity contribution in [3.8, 4) is 5.75 Å². The number of aromatic hydroxyl groups is 1. The largest absolute Gasteiger partial charge is 0.507 e. The van der Waals surface area contributed by atoms with Gasteiger partial charge in [-0.25, -0.2) is 54.8 Å². The highest BCUT2D eigenvalue weighted by Crippen LogP contribution is 2.34. The molecule has 0 unspecified atom stereocenters. The Bertz CT molecular complexity index is 7050. The van der Waals surface area contributed by atoms with Gasteiger partial charge >= 0.3 is 0 Å². The monoisotopic (exact) mass is 1710 g/mol. The van der Waals surface area contributed by atoms with E-state index in [1.54, 1.807) is 145 Å². The zero-order valence-electron chi connectivity index (χ0n) is 63.8. The van der Waals surface area contributed by atoms with Crippen LogP contribution in [0.2, 0.25) is 5.02 Å². The van der Waals surface area contributed by atoms with Gasteiger partial charge in [-0.05, 0) is 144 Å². The van der Waals surface area contributed by atoms with Gasteiger partial charge in [-0.2, -0.15) is 25.5 Å². The molecular formula is C85H64ClN25O7S4. The number of para-hydroxylation sites is 3. The van der Waals surface area contributed by atoms with Crippen molar-refractivity contribution >= 4 is 188 Å². The molecule has 0 aliphatic carbocycles. The number of phenolic OH excluding ortho intramolecular Hbond substituents is 1. The summed E-state index contributed by atoms with van der Waals surface area (Å²) in [5.74, 6) is 1.01. The highest BCUT2D eigenvalue weighted by molar-refractivity contribution is 7.99. The highest BCUT2D eigenvalue weighted by atomic mass is 35.5. The molecule has 0 atom stereocenters. The summed E-state index contributed by atoms with van der Waals surface area (Å²) in [6.45, 7) is 1.82. The average Bonchev–Trinajstić information content (AvgIpc) is 1.19. The van der Waals surface area contributed by atoms with E-state index in [1.165, 1.54) is 42.5 Å². The van der Waals surface area contributed by atoms with Crippen molar-refractivity contribution in [2.24, 2.45) is 5.10 Å². The smallest absolute Gasteiger partial charge is 0.280 e. The predicted octanol–water partition coefficient (Wildman–Crippen LogP) is 15.8. The predicted molar refractivity (Wildman–Crippen MR) is 471 cm³/mol. The van der Waals surface area contributed by atoms with Crippen LogP contribution in [0.25, 0.3) is 66.1 Å². The van der Waals surface area contributed by atoms with E-state index in [0.717, 1.165) is 91.9 Å². The summed E-state index contributed by atoms with van der Waals surface area (Å²) in [4.78, 5) is 120. The van der Waals surface area contributed by atoms with Crippen LogP contribution in [0.5, 0.6) is 5.75 Å². The molecule has 8 aromatic carbocycles. The SMILES string of the molecule is CC1=NN(c2ccc(C(=O)Nc3cccc(CSc4ncnc5[nH]ncc45)c3)cc2)C(=O)C1.O=C(Nc1cccc(CSc2ncnc3[nH]ncc23)c1)c1ccc(Cl)cc1O.O=C(Nc1cccc(CSc2ncnc3[nH]ncc23)c1)c1ccc2ccccc2n1.O=C(Nc1cccc(CSc2ncnc3[nH]ncc23)c1)c1nc2ccccc2[nH]c1=O. The van der Waals surface area contributed by atoms with Crippen molar-refractivity contribution in [1.82, 2.24) is 95.6 Å². The quantitative estimate of drug-likeness (QED) is 0.0236. The topological polar surface area (TPSA) is 446 Å². The molecule has 32 nitrogen and oxygen atoms in total.